The van der Waals surface area contributed by atoms with Gasteiger partial charge >= 0.3 is 5.97 Å². The van der Waals surface area contributed by atoms with Crippen LogP contribution in [-0.4, -0.2) is 62.0 Å². The average molecular weight is 716 g/mol. The molecule has 1 saturated heterocycles. The van der Waals surface area contributed by atoms with Crippen LogP contribution in [0.15, 0.2) is 91.0 Å². The van der Waals surface area contributed by atoms with Crippen molar-refractivity contribution in [3.8, 4) is 28.1 Å². The van der Waals surface area contributed by atoms with E-state index in [2.05, 4.69) is 10.6 Å². The molecule has 3 N–H and O–H groups in total. The molecule has 1 saturated carbocycles. The molecular formula is C40H40Cl2N2O6. The summed E-state index contributed by atoms with van der Waals surface area (Å²) >= 11 is 6.17. The summed E-state index contributed by atoms with van der Waals surface area (Å²) in [6.07, 6.45) is 4.31. The first-order valence-electron chi connectivity index (χ1n) is 16.9. The summed E-state index contributed by atoms with van der Waals surface area (Å²) in [6.45, 7) is 0.659. The second-order valence-corrected chi connectivity index (χ2v) is 13.6. The highest BCUT2D eigenvalue weighted by Crippen LogP contribution is 2.38. The van der Waals surface area contributed by atoms with Gasteiger partial charge in [-0.3, -0.25) is 4.79 Å². The fourth-order valence-electron chi connectivity index (χ4n) is 7.25. The SMILES string of the molecule is Cl.O=C(O)c1ccc2c(c1)cc(-c1ccc(OCc3cc(C(=O)N4CCC(O)C(O)C4)ccc3-c3ccc(Cl)cc3)cc1)n2C1CCCCC1. The van der Waals surface area contributed by atoms with E-state index in [1.54, 1.807) is 23.1 Å². The molecule has 2 aliphatic rings. The molecule has 0 spiro atoms. The topological polar surface area (TPSA) is 112 Å². The molecule has 1 aliphatic carbocycles. The number of carboxylic acid groups (broad SMARTS) is 1. The van der Waals surface area contributed by atoms with Crippen molar-refractivity contribution in [2.75, 3.05) is 13.1 Å². The zero-order chi connectivity index (χ0) is 34.1. The first-order chi connectivity index (χ1) is 23.7. The van der Waals surface area contributed by atoms with Crippen LogP contribution in [0.4, 0.5) is 0 Å². The fraction of sp³-hybridized carbons (Fsp3) is 0.300. The van der Waals surface area contributed by atoms with Gasteiger partial charge in [0.2, 0.25) is 0 Å². The smallest absolute Gasteiger partial charge is 0.335 e. The third-order valence-corrected chi connectivity index (χ3v) is 10.2. The summed E-state index contributed by atoms with van der Waals surface area (Å²) in [7, 11) is 0. The number of carbonyl (C=O) groups is 2. The molecule has 0 bridgehead atoms. The normalized spacial score (nSPS) is 18.1. The minimum atomic E-state index is -0.970. The molecule has 50 heavy (non-hydrogen) atoms. The van der Waals surface area contributed by atoms with E-state index in [9.17, 15) is 24.9 Å². The zero-order valence-electron chi connectivity index (χ0n) is 27.5. The maximum absolute atomic E-state index is 13.4. The molecule has 260 valence electrons. The number of benzene rings is 4. The number of halogens is 2. The Bertz CT molecular complexity index is 1990. The van der Waals surface area contributed by atoms with Crippen molar-refractivity contribution in [1.29, 1.82) is 0 Å². The second kappa shape index (κ2) is 15.3. The lowest BCUT2D eigenvalue weighted by atomic mass is 9.94. The van der Waals surface area contributed by atoms with Crippen LogP contribution >= 0.6 is 24.0 Å². The molecule has 5 aromatic rings. The third kappa shape index (κ3) is 7.39. The summed E-state index contributed by atoms with van der Waals surface area (Å²) in [4.78, 5) is 26.7. The van der Waals surface area contributed by atoms with Gasteiger partial charge in [0.1, 0.15) is 12.4 Å². The van der Waals surface area contributed by atoms with Crippen LogP contribution in [0, 0.1) is 0 Å². The largest absolute Gasteiger partial charge is 0.489 e. The van der Waals surface area contributed by atoms with E-state index in [0.29, 0.717) is 35.3 Å². The van der Waals surface area contributed by atoms with E-state index in [1.807, 2.05) is 66.7 Å². The number of rotatable bonds is 8. The number of piperidine rings is 1. The van der Waals surface area contributed by atoms with Gasteiger partial charge in [0.25, 0.3) is 5.91 Å². The number of ether oxygens (including phenoxy) is 1. The lowest BCUT2D eigenvalue weighted by Crippen LogP contribution is -2.48. The Balaban J connectivity index is 0.00000432. The zero-order valence-corrected chi connectivity index (χ0v) is 29.1. The molecule has 1 aromatic heterocycles. The van der Waals surface area contributed by atoms with Crippen molar-refractivity contribution in [3.05, 3.63) is 113 Å². The number of likely N-dealkylation sites (tertiary alicyclic amines) is 1. The van der Waals surface area contributed by atoms with E-state index < -0.39 is 18.2 Å². The number of nitrogens with zero attached hydrogens (tertiary/aromatic N) is 2. The quantitative estimate of drug-likeness (QED) is 0.149. The maximum Gasteiger partial charge on any atom is 0.335 e. The Hall–Kier alpha value is -4.34. The molecule has 7 rings (SSSR count). The van der Waals surface area contributed by atoms with Gasteiger partial charge in [-0.05, 0) is 114 Å². The number of carboxylic acids is 1. The van der Waals surface area contributed by atoms with Crippen molar-refractivity contribution in [1.82, 2.24) is 9.47 Å². The molecule has 8 nitrogen and oxygen atoms in total. The molecule has 1 amide bonds. The van der Waals surface area contributed by atoms with Gasteiger partial charge in [-0.15, -0.1) is 12.4 Å². The number of fused-ring (bicyclic) bond motifs is 1. The first kappa shape index (κ1) is 35.5. The number of hydrogen-bond donors (Lipinski definition) is 3. The van der Waals surface area contributed by atoms with Crippen LogP contribution in [-0.2, 0) is 6.61 Å². The van der Waals surface area contributed by atoms with E-state index >= 15 is 0 Å². The highest BCUT2D eigenvalue weighted by molar-refractivity contribution is 6.30. The van der Waals surface area contributed by atoms with Crippen molar-refractivity contribution in [2.45, 2.75) is 63.4 Å². The molecular weight excluding hydrogens is 675 g/mol. The number of aromatic nitrogens is 1. The monoisotopic (exact) mass is 714 g/mol. The van der Waals surface area contributed by atoms with Crippen LogP contribution in [0.2, 0.25) is 5.02 Å². The summed E-state index contributed by atoms with van der Waals surface area (Å²) in [5, 5.41) is 31.2. The van der Waals surface area contributed by atoms with Crippen molar-refractivity contribution >= 4 is 46.8 Å². The van der Waals surface area contributed by atoms with Crippen LogP contribution in [0.5, 0.6) is 5.75 Å². The lowest BCUT2D eigenvalue weighted by molar-refractivity contribution is -0.0321. The van der Waals surface area contributed by atoms with Gasteiger partial charge in [-0.25, -0.2) is 4.79 Å². The highest BCUT2D eigenvalue weighted by atomic mass is 35.5. The van der Waals surface area contributed by atoms with E-state index in [1.165, 1.54) is 19.3 Å². The predicted octanol–water partition coefficient (Wildman–Crippen LogP) is 8.40. The molecule has 2 unspecified atom stereocenters. The molecule has 1 aliphatic heterocycles. The molecule has 4 aromatic carbocycles. The Morgan fingerprint density at radius 3 is 2.18 bits per heavy atom. The maximum atomic E-state index is 13.4. The third-order valence-electron chi connectivity index (χ3n) is 9.91. The molecule has 2 fully saturated rings. The van der Waals surface area contributed by atoms with Crippen LogP contribution in [0.3, 0.4) is 0 Å². The Labute approximate surface area is 302 Å². The molecule has 2 heterocycles. The summed E-state index contributed by atoms with van der Waals surface area (Å²) in [5.74, 6) is -0.471. The fourth-order valence-corrected chi connectivity index (χ4v) is 7.38. The Kier molecular flexibility index (Phi) is 10.8. The van der Waals surface area contributed by atoms with Gasteiger partial charge in [-0.2, -0.15) is 0 Å². The van der Waals surface area contributed by atoms with Gasteiger partial charge < -0.3 is 29.5 Å². The van der Waals surface area contributed by atoms with Crippen molar-refractivity contribution < 1.29 is 29.6 Å². The van der Waals surface area contributed by atoms with Gasteiger partial charge in [-0.1, -0.05) is 49.1 Å². The number of β-amino-alcohol motifs (C(OH)–C–C–N with tert-alkyl or cyclic N) is 1. The average Bonchev–Trinajstić information content (AvgIpc) is 3.51. The summed E-state index contributed by atoms with van der Waals surface area (Å²) in [5.41, 5.74) is 6.56. The number of amides is 1. The van der Waals surface area contributed by atoms with E-state index in [-0.39, 0.29) is 37.0 Å². The van der Waals surface area contributed by atoms with Crippen LogP contribution in [0.1, 0.15) is 70.8 Å². The van der Waals surface area contributed by atoms with Gasteiger partial charge in [0.15, 0.2) is 0 Å². The van der Waals surface area contributed by atoms with E-state index in [0.717, 1.165) is 51.7 Å². The summed E-state index contributed by atoms with van der Waals surface area (Å²) in [6, 6.07) is 28.8. The van der Waals surface area contributed by atoms with Crippen LogP contribution < -0.4 is 4.74 Å². The Morgan fingerprint density at radius 1 is 0.780 bits per heavy atom. The Morgan fingerprint density at radius 2 is 1.48 bits per heavy atom. The molecule has 10 heteroatoms. The lowest BCUT2D eigenvalue weighted by Gasteiger charge is -2.33. The first-order valence-corrected chi connectivity index (χ1v) is 17.3. The number of hydrogen-bond acceptors (Lipinski definition) is 5. The van der Waals surface area contributed by atoms with E-state index in [4.69, 9.17) is 16.3 Å². The minimum absolute atomic E-state index is 0. The number of aliphatic hydroxyl groups excluding tert-OH is 2. The van der Waals surface area contributed by atoms with Crippen molar-refractivity contribution in [3.63, 3.8) is 0 Å². The summed E-state index contributed by atoms with van der Waals surface area (Å²) < 4.78 is 8.72. The molecule has 2 atom stereocenters. The van der Waals surface area contributed by atoms with Gasteiger partial charge in [0.05, 0.1) is 17.8 Å². The number of aliphatic hydroxyl groups is 2. The second-order valence-electron chi connectivity index (χ2n) is 13.1. The number of aromatic carboxylic acids is 1. The minimum Gasteiger partial charge on any atom is -0.489 e. The molecule has 0 radical (unpaired) electrons. The van der Waals surface area contributed by atoms with Crippen molar-refractivity contribution in [2.24, 2.45) is 0 Å². The van der Waals surface area contributed by atoms with Gasteiger partial charge in [0, 0.05) is 46.3 Å². The number of carbonyl (C=O) groups excluding carboxylic acids is 1. The highest BCUT2D eigenvalue weighted by Gasteiger charge is 2.29. The predicted molar refractivity (Wildman–Crippen MR) is 197 cm³/mol. The standard InChI is InChI=1S/C40H39ClN2O6.ClH/c41-31-12-6-25(7-13-31)34-16-10-27(39(46)42-19-18-37(44)38(45)23-42)20-30(34)24-49-33-14-8-26(9-15-33)36-22-29-21-28(40(47)48)11-17-35(29)43(36)32-4-2-1-3-5-32;/h6-17,20-22,32,37-38,44-45H,1-5,18-19,23-24H2,(H,47,48);1H. The van der Waals surface area contributed by atoms with Crippen LogP contribution in [0.25, 0.3) is 33.3 Å².